The Balaban J connectivity index is 0.000000390. The van der Waals surface area contributed by atoms with Gasteiger partial charge in [-0.25, -0.2) is 14.5 Å². The topological polar surface area (TPSA) is 242 Å². The van der Waals surface area contributed by atoms with Crippen molar-refractivity contribution in [2.45, 2.75) is 101 Å². The zero-order valence-corrected chi connectivity index (χ0v) is 56.2. The van der Waals surface area contributed by atoms with Crippen LogP contribution in [0, 0.1) is 74.5 Å². The lowest BCUT2D eigenvalue weighted by atomic mass is 9.98. The molecule has 3 atom stereocenters. The van der Waals surface area contributed by atoms with Gasteiger partial charge >= 0.3 is 0 Å². The molecule has 0 aliphatic rings. The Kier molecular flexibility index (Phi) is 31.3. The predicted molar refractivity (Wildman–Crippen MR) is 416 cm³/mol. The van der Waals surface area contributed by atoms with E-state index in [9.17, 15) is 45.5 Å². The van der Waals surface area contributed by atoms with Crippen LogP contribution in [-0.4, -0.2) is 90.1 Å². The van der Waals surface area contributed by atoms with Crippen molar-refractivity contribution in [3.8, 4) is 51.6 Å². The van der Waals surface area contributed by atoms with E-state index in [1.165, 1.54) is 20.8 Å². The number of aliphatic hydroxyl groups is 3. The van der Waals surface area contributed by atoms with Gasteiger partial charge in [0.25, 0.3) is 17.7 Å². The van der Waals surface area contributed by atoms with Crippen LogP contribution in [0.5, 0.6) is 0 Å². The first-order valence-corrected chi connectivity index (χ1v) is 31.3. The smallest absolute Gasteiger partial charge is 0.257 e. The van der Waals surface area contributed by atoms with Gasteiger partial charge < -0.3 is 46.0 Å². The van der Waals surface area contributed by atoms with E-state index in [-0.39, 0.29) is 49.3 Å². The van der Waals surface area contributed by atoms with E-state index in [0.717, 1.165) is 73.6 Å². The summed E-state index contributed by atoms with van der Waals surface area (Å²) in [6, 6.07) is 66.9. The maximum Gasteiger partial charge on any atom is 0.257 e. The van der Waals surface area contributed by atoms with Crippen LogP contribution in [-0.2, 0) is 14.4 Å². The fourth-order valence-corrected chi connectivity index (χ4v) is 10.8. The number of anilines is 6. The first kappa shape index (κ1) is 83.8. The molecule has 18 nitrogen and oxygen atoms in total. The number of hydrogen-bond acceptors (Lipinski definition) is 12. The molecule has 0 saturated carbocycles. The van der Waals surface area contributed by atoms with Crippen molar-refractivity contribution in [2.24, 2.45) is 0 Å². The van der Waals surface area contributed by atoms with Crippen molar-refractivity contribution in [3.05, 3.63) is 268 Å². The predicted octanol–water partition coefficient (Wildman–Crippen LogP) is 18.1. The molecule has 0 aliphatic carbocycles. The lowest BCUT2D eigenvalue weighted by molar-refractivity contribution is -0.132. The summed E-state index contributed by atoms with van der Waals surface area (Å²) in [4.78, 5) is 54.4. The first-order valence-electron chi connectivity index (χ1n) is 31.3. The summed E-state index contributed by atoms with van der Waals surface area (Å²) in [5.74, 6) is -1.62. The van der Waals surface area contributed by atoms with Crippen molar-refractivity contribution in [3.63, 3.8) is 0 Å². The molecule has 18 heteroatoms. The van der Waals surface area contributed by atoms with Crippen LogP contribution >= 0.6 is 0 Å². The number of likely N-dealkylation sites (N-methyl/N-ethyl adjacent to an activating group) is 2. The van der Waals surface area contributed by atoms with Crippen LogP contribution in [0.15, 0.2) is 200 Å². The Morgan fingerprint density at radius 1 is 0.441 bits per heavy atom. The Hall–Kier alpha value is -12.4. The summed E-state index contributed by atoms with van der Waals surface area (Å²) in [5, 5.41) is 69.6. The molecule has 0 heterocycles. The second kappa shape index (κ2) is 38.1. The lowest BCUT2D eigenvalue weighted by Gasteiger charge is -2.32. The maximum absolute atomic E-state index is 13.0. The molecule has 0 spiro atoms. The van der Waals surface area contributed by atoms with Gasteiger partial charge in [-0.15, -0.1) is 0 Å². The van der Waals surface area contributed by atoms with Gasteiger partial charge in [-0.2, -0.15) is 15.8 Å². The second-order valence-corrected chi connectivity index (χ2v) is 24.3. The molecule has 9 aromatic rings. The highest BCUT2D eigenvalue weighted by Gasteiger charge is 2.35. The molecule has 9 rings (SSSR count). The van der Waals surface area contributed by atoms with Gasteiger partial charge in [0.2, 0.25) is 0 Å². The normalized spacial score (nSPS) is 11.7. The van der Waals surface area contributed by atoms with E-state index in [1.54, 1.807) is 130 Å². The van der Waals surface area contributed by atoms with Crippen LogP contribution in [0.2, 0.25) is 0 Å². The van der Waals surface area contributed by atoms with Gasteiger partial charge in [-0.3, -0.25) is 14.4 Å². The van der Waals surface area contributed by atoms with Crippen LogP contribution in [0.3, 0.4) is 0 Å². The summed E-state index contributed by atoms with van der Waals surface area (Å²) in [6.07, 6.45) is 0.815. The summed E-state index contributed by atoms with van der Waals surface area (Å²) in [6.45, 7) is 34.0. The quantitative estimate of drug-likeness (QED) is 0.0391. The Morgan fingerprint density at radius 2 is 0.794 bits per heavy atom. The molecule has 0 saturated heterocycles. The van der Waals surface area contributed by atoms with Crippen LogP contribution in [0.4, 0.5) is 51.2 Å². The fraction of sp³-hybridized carbons (Fsp3) is 0.250. The third-order valence-electron chi connectivity index (χ3n) is 16.1. The number of nitrogens with zero attached hydrogens (tertiary/aromatic N) is 9. The lowest BCUT2D eigenvalue weighted by Crippen LogP contribution is -2.50. The molecule has 102 heavy (non-hydrogen) atoms. The Bertz CT molecular complexity index is 4630. The van der Waals surface area contributed by atoms with Gasteiger partial charge in [0.05, 0.1) is 74.2 Å². The average molecular weight is 1370 g/mol. The largest absolute Gasteiger partial charge is 0.378 e. The van der Waals surface area contributed by atoms with Gasteiger partial charge in [-0.1, -0.05) is 146 Å². The highest BCUT2D eigenvalue weighted by Crippen LogP contribution is 2.35. The van der Waals surface area contributed by atoms with Crippen LogP contribution < -0.4 is 30.7 Å². The molecular weight excluding hydrogens is 1270 g/mol. The standard InChI is InChI=1S/C28H28N4O2.2C26H24N4O2.4CH4/c1-5-15-32(24-13-11-22(18-29)25(17-24)21-9-7-6-8-10-21)19-28(3,34)27(33)31-23-12-14-26(30-4)20(2)16-23;1-18-14-21(11-12-23(18)28-3)29-25(31)26(2,32)17-30(4)24-13-10-19(16-27)15-22(24)20-8-6-5-7-9-20;1-18-14-21(11-13-24(18)28-3)29-25(31)26(2,32)17-30(4)22-12-10-20(16-27)23(15-22)19-8-6-5-7-9-19;;;;/h6-14,16-17,34H,5,15,19H2,1-3H3,(H,31,33);2*5-15,32H,17H2,1-2,4H3,(H,29,31);4*1H4/t28-;2*26-;;;;/m000..../s1. The number of nitrogens with one attached hydrogen (secondary N) is 3. The van der Waals surface area contributed by atoms with E-state index >= 15 is 0 Å². The van der Waals surface area contributed by atoms with Gasteiger partial charge in [-0.05, 0) is 172 Å². The fourth-order valence-electron chi connectivity index (χ4n) is 10.8. The minimum Gasteiger partial charge on any atom is -0.378 e. The van der Waals surface area contributed by atoms with Gasteiger partial charge in [0.1, 0.15) is 0 Å². The highest BCUT2D eigenvalue weighted by atomic mass is 16.3. The molecule has 0 aromatic heterocycles. The molecule has 524 valence electrons. The van der Waals surface area contributed by atoms with E-state index in [1.807, 2.05) is 127 Å². The third kappa shape index (κ3) is 21.8. The van der Waals surface area contributed by atoms with E-state index < -0.39 is 34.5 Å². The molecule has 6 N–H and O–H groups in total. The van der Waals surface area contributed by atoms with Crippen molar-refractivity contribution in [1.29, 1.82) is 15.8 Å². The molecule has 0 fully saturated rings. The van der Waals surface area contributed by atoms with Crippen molar-refractivity contribution in [2.75, 3.05) is 70.9 Å². The maximum atomic E-state index is 13.0. The molecule has 0 bridgehead atoms. The summed E-state index contributed by atoms with van der Waals surface area (Å²) >= 11 is 0. The molecule has 0 radical (unpaired) electrons. The molecular formula is C84H92N12O6. The third-order valence-corrected chi connectivity index (χ3v) is 16.1. The minimum atomic E-state index is -1.69. The number of carbonyl (C=O) groups excluding carboxylic acids is 3. The Labute approximate surface area is 603 Å². The molecule has 0 aliphatic heterocycles. The number of amides is 3. The number of benzene rings is 9. The van der Waals surface area contributed by atoms with Gasteiger partial charge in [0, 0.05) is 71.5 Å². The first-order chi connectivity index (χ1) is 46.8. The number of carbonyl (C=O) groups is 3. The summed E-state index contributed by atoms with van der Waals surface area (Å²) < 4.78 is 0. The van der Waals surface area contributed by atoms with E-state index in [4.69, 9.17) is 19.7 Å². The zero-order chi connectivity index (χ0) is 71.3. The monoisotopic (exact) mass is 1360 g/mol. The van der Waals surface area contributed by atoms with Crippen molar-refractivity contribution < 1.29 is 29.7 Å². The minimum absolute atomic E-state index is 0. The highest BCUT2D eigenvalue weighted by molar-refractivity contribution is 5.99. The number of aryl methyl sites for hydroxylation is 3. The number of rotatable bonds is 20. The SMILES string of the molecule is C.C.C.C.[C-]#[N+]c1ccc(NC(=O)[C@@](C)(O)CN(C)c2ccc(C#N)c(-c3ccccc3)c2)cc1C.[C-]#[N+]c1ccc(NC(=O)[C@@](C)(O)CN(C)c2ccc(C#N)cc2-c2ccccc2)cc1C.[C-]#[N+]c1ccc(NC(=O)[C@@](C)(O)CN(CCC)c2ccc(C#N)c(-c3ccccc3)c2)cc1C. The Morgan fingerprint density at radius 3 is 1.15 bits per heavy atom. The molecule has 0 unspecified atom stereocenters. The zero-order valence-electron chi connectivity index (χ0n) is 56.2. The average Bonchev–Trinajstić information content (AvgIpc) is 0.814. The van der Waals surface area contributed by atoms with Crippen LogP contribution in [0.25, 0.3) is 47.9 Å². The van der Waals surface area contributed by atoms with Crippen LogP contribution in [0.1, 0.15) is 97.2 Å². The number of hydrogen-bond donors (Lipinski definition) is 6. The molecule has 3 amide bonds. The van der Waals surface area contributed by atoms with E-state index in [0.29, 0.717) is 57.4 Å². The second-order valence-electron chi connectivity index (χ2n) is 24.3. The van der Waals surface area contributed by atoms with Gasteiger partial charge in [0.15, 0.2) is 33.9 Å². The number of nitriles is 3. The summed E-state index contributed by atoms with van der Waals surface area (Å²) in [7, 11) is 3.58. The van der Waals surface area contributed by atoms with E-state index in [2.05, 4.69) is 48.7 Å². The van der Waals surface area contributed by atoms with Crippen molar-refractivity contribution in [1.82, 2.24) is 0 Å². The summed E-state index contributed by atoms with van der Waals surface area (Å²) in [5.41, 5.74) is 9.59. The molecule has 9 aromatic carbocycles. The van der Waals surface area contributed by atoms with Crippen molar-refractivity contribution >= 4 is 68.9 Å².